The molecule has 1 saturated heterocycles. The van der Waals surface area contributed by atoms with Crippen molar-refractivity contribution in [1.82, 2.24) is 9.88 Å². The topological polar surface area (TPSA) is 45.6 Å². The number of aliphatic hydroxyl groups is 1. The second kappa shape index (κ2) is 5.27. The van der Waals surface area contributed by atoms with Crippen molar-refractivity contribution >= 4 is 0 Å². The van der Waals surface area contributed by atoms with E-state index in [9.17, 15) is 0 Å². The number of likely N-dealkylation sites (N-methyl/N-ethyl adjacent to an activating group) is 1. The number of pyridine rings is 1. The zero-order chi connectivity index (χ0) is 11.4. The summed E-state index contributed by atoms with van der Waals surface area (Å²) in [6.07, 6.45) is 4.13. The molecule has 16 heavy (non-hydrogen) atoms. The molecular weight excluding hydrogens is 204 g/mol. The molecule has 1 fully saturated rings. The van der Waals surface area contributed by atoms with Gasteiger partial charge in [-0.1, -0.05) is 0 Å². The molecule has 0 spiro atoms. The van der Waals surface area contributed by atoms with Crippen LogP contribution in [-0.2, 0) is 6.61 Å². The molecule has 88 valence electrons. The third-order valence-corrected chi connectivity index (χ3v) is 3.07. The smallest absolute Gasteiger partial charge is 0.137 e. The van der Waals surface area contributed by atoms with E-state index in [1.54, 1.807) is 12.3 Å². The number of nitrogens with zero attached hydrogens (tertiary/aromatic N) is 2. The Balaban J connectivity index is 1.84. The van der Waals surface area contributed by atoms with Crippen LogP contribution in [-0.4, -0.2) is 41.2 Å². The van der Waals surface area contributed by atoms with Gasteiger partial charge in [-0.05, 0) is 38.6 Å². The first-order chi connectivity index (χ1) is 7.79. The second-order valence-electron chi connectivity index (χ2n) is 4.23. The third kappa shape index (κ3) is 2.71. The summed E-state index contributed by atoms with van der Waals surface area (Å²) in [4.78, 5) is 6.40. The van der Waals surface area contributed by atoms with Crippen LogP contribution in [0.3, 0.4) is 0 Å². The Labute approximate surface area is 95.9 Å². The van der Waals surface area contributed by atoms with Crippen LogP contribution in [0, 0.1) is 0 Å². The highest BCUT2D eigenvalue weighted by Gasteiger charge is 2.21. The van der Waals surface area contributed by atoms with Gasteiger partial charge in [-0.15, -0.1) is 0 Å². The number of rotatable bonds is 4. The van der Waals surface area contributed by atoms with Gasteiger partial charge in [0.1, 0.15) is 12.4 Å². The van der Waals surface area contributed by atoms with Crippen molar-refractivity contribution < 1.29 is 9.84 Å². The van der Waals surface area contributed by atoms with Crippen molar-refractivity contribution in [3.8, 4) is 5.75 Å². The summed E-state index contributed by atoms with van der Waals surface area (Å²) in [5.74, 6) is 0.775. The molecule has 2 heterocycles. The molecule has 4 heteroatoms. The van der Waals surface area contributed by atoms with E-state index in [1.807, 2.05) is 6.07 Å². The van der Waals surface area contributed by atoms with E-state index in [0.717, 1.165) is 18.9 Å². The lowest BCUT2D eigenvalue weighted by molar-refractivity contribution is 0.197. The lowest BCUT2D eigenvalue weighted by Gasteiger charge is -2.19. The molecule has 0 saturated carbocycles. The van der Waals surface area contributed by atoms with Crippen LogP contribution < -0.4 is 4.74 Å². The van der Waals surface area contributed by atoms with Crippen LogP contribution >= 0.6 is 0 Å². The van der Waals surface area contributed by atoms with Gasteiger partial charge in [-0.25, -0.2) is 0 Å². The van der Waals surface area contributed by atoms with Gasteiger partial charge < -0.3 is 14.7 Å². The molecule has 4 nitrogen and oxygen atoms in total. The average Bonchev–Trinajstić information content (AvgIpc) is 2.73. The number of aromatic nitrogens is 1. The maximum absolute atomic E-state index is 8.86. The van der Waals surface area contributed by atoms with E-state index in [0.29, 0.717) is 11.7 Å². The van der Waals surface area contributed by atoms with Gasteiger partial charge in [0.15, 0.2) is 0 Å². The predicted octanol–water partition coefficient (Wildman–Crippen LogP) is 1.05. The monoisotopic (exact) mass is 222 g/mol. The number of likely N-dealkylation sites (tertiary alicyclic amines) is 1. The van der Waals surface area contributed by atoms with E-state index in [1.165, 1.54) is 12.8 Å². The Morgan fingerprint density at radius 1 is 1.56 bits per heavy atom. The number of ether oxygens (including phenoxy) is 1. The molecule has 0 aliphatic carbocycles. The highest BCUT2D eigenvalue weighted by molar-refractivity contribution is 5.19. The molecule has 0 amide bonds. The molecule has 1 aromatic heterocycles. The predicted molar refractivity (Wildman–Crippen MR) is 61.3 cm³/mol. The molecule has 1 atom stereocenters. The summed E-state index contributed by atoms with van der Waals surface area (Å²) in [6.45, 7) is 1.86. The summed E-state index contributed by atoms with van der Waals surface area (Å²) in [6, 6.07) is 4.17. The fourth-order valence-corrected chi connectivity index (χ4v) is 1.97. The Kier molecular flexibility index (Phi) is 3.74. The minimum Gasteiger partial charge on any atom is -0.490 e. The first-order valence-corrected chi connectivity index (χ1v) is 5.68. The molecule has 1 aromatic rings. The van der Waals surface area contributed by atoms with Crippen LogP contribution in [0.1, 0.15) is 18.5 Å². The van der Waals surface area contributed by atoms with Crippen molar-refractivity contribution in [3.63, 3.8) is 0 Å². The summed E-state index contributed by atoms with van der Waals surface area (Å²) in [7, 11) is 2.13. The Morgan fingerprint density at radius 3 is 3.00 bits per heavy atom. The van der Waals surface area contributed by atoms with Crippen LogP contribution in [0.4, 0.5) is 0 Å². The van der Waals surface area contributed by atoms with Crippen molar-refractivity contribution in [2.24, 2.45) is 0 Å². The summed E-state index contributed by atoms with van der Waals surface area (Å²) >= 11 is 0. The van der Waals surface area contributed by atoms with E-state index in [2.05, 4.69) is 16.9 Å². The van der Waals surface area contributed by atoms with E-state index in [4.69, 9.17) is 9.84 Å². The minimum absolute atomic E-state index is 0.0222. The van der Waals surface area contributed by atoms with E-state index in [-0.39, 0.29) is 6.61 Å². The highest BCUT2D eigenvalue weighted by atomic mass is 16.5. The van der Waals surface area contributed by atoms with Gasteiger partial charge in [0.25, 0.3) is 0 Å². The molecule has 1 aliphatic rings. The molecule has 0 bridgehead atoms. The number of hydrogen-bond acceptors (Lipinski definition) is 4. The van der Waals surface area contributed by atoms with Gasteiger partial charge in [0, 0.05) is 6.04 Å². The van der Waals surface area contributed by atoms with Gasteiger partial charge in [-0.2, -0.15) is 0 Å². The molecular formula is C12H18N2O2. The quantitative estimate of drug-likeness (QED) is 0.827. The lowest BCUT2D eigenvalue weighted by Crippen LogP contribution is -2.30. The normalized spacial score (nSPS) is 21.2. The van der Waals surface area contributed by atoms with Gasteiger partial charge in [0.2, 0.25) is 0 Å². The molecule has 1 N–H and O–H groups in total. The molecule has 2 rings (SSSR count). The van der Waals surface area contributed by atoms with Crippen LogP contribution in [0.15, 0.2) is 18.3 Å². The molecule has 0 radical (unpaired) electrons. The highest BCUT2D eigenvalue weighted by Crippen LogP contribution is 2.17. The second-order valence-corrected chi connectivity index (χ2v) is 4.23. The van der Waals surface area contributed by atoms with Gasteiger partial charge >= 0.3 is 0 Å². The lowest BCUT2D eigenvalue weighted by atomic mass is 10.2. The van der Waals surface area contributed by atoms with Crippen molar-refractivity contribution in [1.29, 1.82) is 0 Å². The average molecular weight is 222 g/mol. The fraction of sp³-hybridized carbons (Fsp3) is 0.583. The standard InChI is InChI=1S/C12H18N2O2/c1-14-6-2-3-11(14)9-16-12-5-4-10(8-15)13-7-12/h4-5,7,11,15H,2-3,6,8-9H2,1H3. The largest absolute Gasteiger partial charge is 0.490 e. The molecule has 1 aliphatic heterocycles. The van der Waals surface area contributed by atoms with E-state index < -0.39 is 0 Å². The third-order valence-electron chi connectivity index (χ3n) is 3.07. The summed E-state index contributed by atoms with van der Waals surface area (Å²) in [5.41, 5.74) is 0.672. The van der Waals surface area contributed by atoms with Crippen LogP contribution in [0.2, 0.25) is 0 Å². The van der Waals surface area contributed by atoms with Crippen LogP contribution in [0.5, 0.6) is 5.75 Å². The Hall–Kier alpha value is -1.13. The fourth-order valence-electron chi connectivity index (χ4n) is 1.97. The first kappa shape index (κ1) is 11.4. The molecule has 0 aromatic carbocycles. The minimum atomic E-state index is -0.0222. The van der Waals surface area contributed by atoms with Crippen molar-refractivity contribution in [3.05, 3.63) is 24.0 Å². The number of aliphatic hydroxyl groups excluding tert-OH is 1. The molecule has 1 unspecified atom stereocenters. The van der Waals surface area contributed by atoms with Crippen molar-refractivity contribution in [2.75, 3.05) is 20.2 Å². The van der Waals surface area contributed by atoms with Gasteiger partial charge in [0.05, 0.1) is 18.5 Å². The SMILES string of the molecule is CN1CCCC1COc1ccc(CO)nc1. The zero-order valence-corrected chi connectivity index (χ0v) is 9.59. The summed E-state index contributed by atoms with van der Waals surface area (Å²) < 4.78 is 5.67. The Morgan fingerprint density at radius 2 is 2.44 bits per heavy atom. The first-order valence-electron chi connectivity index (χ1n) is 5.68. The van der Waals surface area contributed by atoms with Crippen molar-refractivity contribution in [2.45, 2.75) is 25.5 Å². The summed E-state index contributed by atoms with van der Waals surface area (Å²) in [5, 5.41) is 8.86. The zero-order valence-electron chi connectivity index (χ0n) is 9.59. The Bertz CT molecular complexity index is 326. The maximum Gasteiger partial charge on any atom is 0.137 e. The van der Waals surface area contributed by atoms with Gasteiger partial charge in [-0.3, -0.25) is 4.98 Å². The van der Waals surface area contributed by atoms with E-state index >= 15 is 0 Å². The number of hydrogen-bond donors (Lipinski definition) is 1. The maximum atomic E-state index is 8.86. The van der Waals surface area contributed by atoms with Crippen LogP contribution in [0.25, 0.3) is 0 Å².